The second-order valence-electron chi connectivity index (χ2n) is 5.33. The number of nitrogens with one attached hydrogen (secondary N) is 3. The Kier molecular flexibility index (Phi) is 8.12. The van der Waals surface area contributed by atoms with Gasteiger partial charge in [-0.3, -0.25) is 35.9 Å². The summed E-state index contributed by atoms with van der Waals surface area (Å²) in [5.41, 5.74) is 4.48. The van der Waals surface area contributed by atoms with Gasteiger partial charge in [-0.05, 0) is 48.6 Å². The topological polar surface area (TPSA) is 132 Å². The first-order valence-electron chi connectivity index (χ1n) is 7.98. The van der Waals surface area contributed by atoms with Crippen LogP contribution in [-0.2, 0) is 9.59 Å². The third-order valence-corrected chi connectivity index (χ3v) is 3.63. The summed E-state index contributed by atoms with van der Waals surface area (Å²) < 4.78 is 10.4. The minimum Gasteiger partial charge on any atom is -0.484 e. The van der Waals surface area contributed by atoms with Crippen molar-refractivity contribution in [1.29, 1.82) is 0 Å². The fourth-order valence-electron chi connectivity index (χ4n) is 1.85. The van der Waals surface area contributed by atoms with Crippen molar-refractivity contribution in [1.82, 2.24) is 16.2 Å². The number of nitro groups is 1. The first-order chi connectivity index (χ1) is 13.8. The first-order valence-corrected chi connectivity index (χ1v) is 8.76. The van der Waals surface area contributed by atoms with Crippen molar-refractivity contribution in [3.05, 3.63) is 63.7 Å². The second kappa shape index (κ2) is 10.8. The van der Waals surface area contributed by atoms with Crippen LogP contribution < -0.4 is 25.6 Å². The summed E-state index contributed by atoms with van der Waals surface area (Å²) in [6, 6.07) is 11.7. The van der Waals surface area contributed by atoms with Gasteiger partial charge < -0.3 is 9.47 Å². The third kappa shape index (κ3) is 7.99. The van der Waals surface area contributed by atoms with Crippen molar-refractivity contribution in [2.75, 3.05) is 13.2 Å². The highest BCUT2D eigenvalue weighted by molar-refractivity contribution is 7.80. The Hall–Kier alpha value is -3.44. The molecule has 152 valence electrons. The zero-order valence-corrected chi connectivity index (χ0v) is 16.3. The molecule has 0 saturated heterocycles. The highest BCUT2D eigenvalue weighted by Crippen LogP contribution is 2.17. The van der Waals surface area contributed by atoms with E-state index in [0.29, 0.717) is 10.8 Å². The van der Waals surface area contributed by atoms with E-state index in [2.05, 4.69) is 16.2 Å². The van der Waals surface area contributed by atoms with Crippen LogP contribution in [0.15, 0.2) is 48.5 Å². The van der Waals surface area contributed by atoms with E-state index in [1.165, 1.54) is 24.3 Å². The molecule has 2 amide bonds. The van der Waals surface area contributed by atoms with Gasteiger partial charge in [0.1, 0.15) is 11.5 Å². The molecule has 0 aliphatic heterocycles. The van der Waals surface area contributed by atoms with Gasteiger partial charge in [0.15, 0.2) is 18.3 Å². The summed E-state index contributed by atoms with van der Waals surface area (Å²) in [5, 5.41) is 13.3. The number of carbonyl (C=O) groups excluding carboxylic acids is 2. The molecule has 0 saturated carbocycles. The second-order valence-corrected chi connectivity index (χ2v) is 6.18. The highest BCUT2D eigenvalue weighted by Gasteiger charge is 2.09. The number of carbonyl (C=O) groups is 2. The Morgan fingerprint density at radius 1 is 0.931 bits per heavy atom. The number of hydrogen-bond acceptors (Lipinski definition) is 7. The fourth-order valence-corrected chi connectivity index (χ4v) is 2.14. The number of benzene rings is 2. The number of non-ortho nitro benzene ring substituents is 1. The Morgan fingerprint density at radius 3 is 2.00 bits per heavy atom. The summed E-state index contributed by atoms with van der Waals surface area (Å²) in [5.74, 6) is -0.382. The zero-order chi connectivity index (χ0) is 21.2. The quantitative estimate of drug-likeness (QED) is 0.338. The van der Waals surface area contributed by atoms with E-state index in [9.17, 15) is 19.7 Å². The Balaban J connectivity index is 1.64. The summed E-state index contributed by atoms with van der Waals surface area (Å²) in [7, 11) is 0. The zero-order valence-electron chi connectivity index (χ0n) is 14.7. The molecule has 0 heterocycles. The van der Waals surface area contributed by atoms with Crippen molar-refractivity contribution >= 4 is 46.4 Å². The SMILES string of the molecule is O=C(COc1ccc([N+](=O)[O-])cc1)NNC(=S)NC(=O)COc1ccc(Cl)cc1. The molecule has 2 aromatic carbocycles. The van der Waals surface area contributed by atoms with Crippen molar-refractivity contribution in [3.8, 4) is 11.5 Å². The van der Waals surface area contributed by atoms with Gasteiger partial charge in [-0.2, -0.15) is 0 Å². The van der Waals surface area contributed by atoms with Gasteiger partial charge >= 0.3 is 0 Å². The van der Waals surface area contributed by atoms with Crippen molar-refractivity contribution in [3.63, 3.8) is 0 Å². The standard InChI is InChI=1S/C17H15ClN4O6S/c18-11-1-5-13(6-2-11)27-9-15(23)19-17(29)21-20-16(24)10-28-14-7-3-12(4-8-14)22(25)26/h1-8H,9-10H2,(H,20,24)(H2,19,21,23,29). The van der Waals surface area contributed by atoms with Gasteiger partial charge in [-0.15, -0.1) is 0 Å². The number of hydrogen-bond donors (Lipinski definition) is 3. The third-order valence-electron chi connectivity index (χ3n) is 3.17. The lowest BCUT2D eigenvalue weighted by atomic mass is 10.3. The summed E-state index contributed by atoms with van der Waals surface area (Å²) in [6.45, 7) is -0.665. The number of ether oxygens (including phenoxy) is 2. The van der Waals surface area contributed by atoms with Gasteiger partial charge in [-0.25, -0.2) is 0 Å². The molecule has 0 aliphatic carbocycles. The lowest BCUT2D eigenvalue weighted by Crippen LogP contribution is -2.50. The molecule has 0 bridgehead atoms. The monoisotopic (exact) mass is 438 g/mol. The van der Waals surface area contributed by atoms with Crippen LogP contribution in [0.25, 0.3) is 0 Å². The minimum absolute atomic E-state index is 0.0930. The molecule has 0 unspecified atom stereocenters. The van der Waals surface area contributed by atoms with Gasteiger partial charge in [-0.1, -0.05) is 11.6 Å². The summed E-state index contributed by atoms with van der Waals surface area (Å²) in [6.07, 6.45) is 0. The predicted octanol–water partition coefficient (Wildman–Crippen LogP) is 1.73. The smallest absolute Gasteiger partial charge is 0.276 e. The molecule has 0 atom stereocenters. The Morgan fingerprint density at radius 2 is 1.45 bits per heavy atom. The number of hydrazine groups is 1. The number of nitrogens with zero attached hydrogens (tertiary/aromatic N) is 1. The number of rotatable bonds is 7. The van der Waals surface area contributed by atoms with Crippen molar-refractivity contribution < 1.29 is 24.0 Å². The Labute approximate surface area is 175 Å². The number of thiocarbonyl (C=S) groups is 1. The lowest BCUT2D eigenvalue weighted by Gasteiger charge is -2.12. The van der Waals surface area contributed by atoms with E-state index in [-0.39, 0.29) is 29.8 Å². The minimum atomic E-state index is -0.586. The molecular weight excluding hydrogens is 424 g/mol. The van der Waals surface area contributed by atoms with Crippen LogP contribution in [0.3, 0.4) is 0 Å². The maximum absolute atomic E-state index is 11.7. The van der Waals surface area contributed by atoms with Crippen LogP contribution in [0.1, 0.15) is 0 Å². The number of nitro benzene ring substituents is 1. The maximum Gasteiger partial charge on any atom is 0.276 e. The van der Waals surface area contributed by atoms with Crippen LogP contribution in [0.2, 0.25) is 5.02 Å². The highest BCUT2D eigenvalue weighted by atomic mass is 35.5. The molecular formula is C17H15ClN4O6S. The van der Waals surface area contributed by atoms with Crippen molar-refractivity contribution in [2.45, 2.75) is 0 Å². The van der Waals surface area contributed by atoms with E-state index < -0.39 is 16.7 Å². The first kappa shape index (κ1) is 21.9. The Bertz CT molecular complexity index is 892. The van der Waals surface area contributed by atoms with Gasteiger partial charge in [0.25, 0.3) is 17.5 Å². The molecule has 3 N–H and O–H groups in total. The average Bonchev–Trinajstić information content (AvgIpc) is 2.70. The molecule has 0 spiro atoms. The lowest BCUT2D eigenvalue weighted by molar-refractivity contribution is -0.384. The maximum atomic E-state index is 11.7. The van der Waals surface area contributed by atoms with Crippen molar-refractivity contribution in [2.24, 2.45) is 0 Å². The fraction of sp³-hybridized carbons (Fsp3) is 0.118. The number of halogens is 1. The summed E-state index contributed by atoms with van der Waals surface area (Å²) >= 11 is 10.6. The van der Waals surface area contributed by atoms with E-state index in [4.69, 9.17) is 33.3 Å². The van der Waals surface area contributed by atoms with Crippen LogP contribution in [-0.4, -0.2) is 35.1 Å². The molecule has 2 aromatic rings. The molecule has 0 fully saturated rings. The van der Waals surface area contributed by atoms with Crippen LogP contribution in [0, 0.1) is 10.1 Å². The van der Waals surface area contributed by atoms with Crippen LogP contribution >= 0.6 is 23.8 Å². The normalized spacial score (nSPS) is 9.83. The molecule has 2 rings (SSSR count). The predicted molar refractivity (Wildman–Crippen MR) is 108 cm³/mol. The molecule has 0 radical (unpaired) electrons. The average molecular weight is 439 g/mol. The molecule has 0 aliphatic rings. The molecule has 0 aromatic heterocycles. The van der Waals surface area contributed by atoms with E-state index in [1.54, 1.807) is 24.3 Å². The largest absolute Gasteiger partial charge is 0.484 e. The number of amides is 2. The van der Waals surface area contributed by atoms with Crippen LogP contribution in [0.5, 0.6) is 11.5 Å². The molecule has 12 heteroatoms. The van der Waals surface area contributed by atoms with Gasteiger partial charge in [0.2, 0.25) is 0 Å². The molecule has 10 nitrogen and oxygen atoms in total. The van der Waals surface area contributed by atoms with E-state index in [1.807, 2.05) is 0 Å². The van der Waals surface area contributed by atoms with Gasteiger partial charge in [0, 0.05) is 17.2 Å². The van der Waals surface area contributed by atoms with E-state index in [0.717, 1.165) is 0 Å². The van der Waals surface area contributed by atoms with Gasteiger partial charge in [0.05, 0.1) is 4.92 Å². The van der Waals surface area contributed by atoms with E-state index >= 15 is 0 Å². The van der Waals surface area contributed by atoms with Crippen LogP contribution in [0.4, 0.5) is 5.69 Å². The molecule has 29 heavy (non-hydrogen) atoms. The summed E-state index contributed by atoms with van der Waals surface area (Å²) in [4.78, 5) is 33.5.